The van der Waals surface area contributed by atoms with Gasteiger partial charge >= 0.3 is 0 Å². The van der Waals surface area contributed by atoms with Crippen LogP contribution in [0.25, 0.3) is 11.5 Å². The van der Waals surface area contributed by atoms with Crippen LogP contribution >= 0.6 is 23.2 Å². The molecular weight excluding hydrogens is 287 g/mol. The molecule has 0 amide bonds. The number of pyridine rings is 1. The summed E-state index contributed by atoms with van der Waals surface area (Å²) in [7, 11) is 0. The molecule has 1 fully saturated rings. The maximum atomic E-state index is 6.08. The Morgan fingerprint density at radius 1 is 1.37 bits per heavy atom. The third kappa shape index (κ3) is 2.73. The molecule has 5 nitrogen and oxygen atoms in total. The van der Waals surface area contributed by atoms with Gasteiger partial charge in [-0.15, -0.1) is 0 Å². The summed E-state index contributed by atoms with van der Waals surface area (Å²) >= 11 is 11.9. The Morgan fingerprint density at radius 2 is 2.26 bits per heavy atom. The van der Waals surface area contributed by atoms with Gasteiger partial charge in [-0.1, -0.05) is 28.4 Å². The first-order valence-electron chi connectivity index (χ1n) is 6.10. The quantitative estimate of drug-likeness (QED) is 0.923. The summed E-state index contributed by atoms with van der Waals surface area (Å²) < 4.78 is 5.31. The predicted molar refractivity (Wildman–Crippen MR) is 72.4 cm³/mol. The van der Waals surface area contributed by atoms with E-state index in [1.54, 1.807) is 6.07 Å². The largest absolute Gasteiger partial charge is 0.339 e. The number of aromatic nitrogens is 3. The molecule has 1 aliphatic rings. The smallest absolute Gasteiger partial charge is 0.231 e. The van der Waals surface area contributed by atoms with Crippen molar-refractivity contribution in [2.75, 3.05) is 13.1 Å². The van der Waals surface area contributed by atoms with Gasteiger partial charge in [0.15, 0.2) is 0 Å². The topological polar surface area (TPSA) is 63.8 Å². The van der Waals surface area contributed by atoms with Crippen LogP contribution in [0.15, 0.2) is 16.8 Å². The zero-order valence-electron chi connectivity index (χ0n) is 10.1. The number of piperidine rings is 1. The van der Waals surface area contributed by atoms with Gasteiger partial charge in [-0.3, -0.25) is 0 Å². The lowest BCUT2D eigenvalue weighted by molar-refractivity contribution is 0.322. The lowest BCUT2D eigenvalue weighted by Gasteiger charge is -2.18. The molecule has 1 unspecified atom stereocenters. The normalized spacial score (nSPS) is 19.6. The molecule has 2 aromatic rings. The fourth-order valence-corrected chi connectivity index (χ4v) is 2.60. The lowest BCUT2D eigenvalue weighted by atomic mass is 10.00. The van der Waals surface area contributed by atoms with Crippen LogP contribution in [0.2, 0.25) is 10.0 Å². The summed E-state index contributed by atoms with van der Waals surface area (Å²) in [6.45, 7) is 1.91. The molecule has 1 N–H and O–H groups in total. The van der Waals surface area contributed by atoms with Crippen LogP contribution < -0.4 is 5.32 Å². The van der Waals surface area contributed by atoms with Crippen LogP contribution in [0, 0.1) is 0 Å². The summed E-state index contributed by atoms with van der Waals surface area (Å²) in [5.41, 5.74) is 0.491. The molecule has 0 radical (unpaired) electrons. The van der Waals surface area contributed by atoms with E-state index in [0.717, 1.165) is 25.9 Å². The van der Waals surface area contributed by atoms with Gasteiger partial charge in [0.25, 0.3) is 0 Å². The molecule has 3 heterocycles. The number of rotatable bonds is 2. The van der Waals surface area contributed by atoms with E-state index in [9.17, 15) is 0 Å². The van der Waals surface area contributed by atoms with Crippen molar-refractivity contribution in [3.05, 3.63) is 28.2 Å². The number of nitrogens with zero attached hydrogens (tertiary/aromatic N) is 3. The van der Waals surface area contributed by atoms with Gasteiger partial charge in [-0.2, -0.15) is 4.98 Å². The van der Waals surface area contributed by atoms with Crippen molar-refractivity contribution >= 4 is 23.2 Å². The van der Waals surface area contributed by atoms with E-state index in [1.807, 2.05) is 0 Å². The van der Waals surface area contributed by atoms with E-state index in [4.69, 9.17) is 27.7 Å². The maximum Gasteiger partial charge on any atom is 0.231 e. The number of hydrogen-bond acceptors (Lipinski definition) is 5. The highest BCUT2D eigenvalue weighted by Gasteiger charge is 2.22. The van der Waals surface area contributed by atoms with Crippen molar-refractivity contribution in [1.82, 2.24) is 20.4 Å². The van der Waals surface area contributed by atoms with E-state index >= 15 is 0 Å². The van der Waals surface area contributed by atoms with Crippen molar-refractivity contribution in [3.63, 3.8) is 0 Å². The molecular formula is C12H12Cl2N4O. The minimum atomic E-state index is 0.265. The molecule has 0 bridgehead atoms. The minimum Gasteiger partial charge on any atom is -0.339 e. The highest BCUT2D eigenvalue weighted by Crippen LogP contribution is 2.28. The van der Waals surface area contributed by atoms with Gasteiger partial charge in [-0.25, -0.2) is 4.98 Å². The lowest BCUT2D eigenvalue weighted by Crippen LogP contribution is -2.28. The van der Waals surface area contributed by atoms with Crippen LogP contribution in [-0.2, 0) is 0 Å². The van der Waals surface area contributed by atoms with Crippen molar-refractivity contribution in [2.24, 2.45) is 0 Å². The highest BCUT2D eigenvalue weighted by atomic mass is 35.5. The zero-order chi connectivity index (χ0) is 13.2. The SMILES string of the molecule is Clc1cnc(-c2noc(C3CCCNC3)n2)c(Cl)c1. The van der Waals surface area contributed by atoms with Gasteiger partial charge in [0.2, 0.25) is 11.7 Å². The van der Waals surface area contributed by atoms with E-state index in [1.165, 1.54) is 6.20 Å². The van der Waals surface area contributed by atoms with Crippen LogP contribution in [0.4, 0.5) is 0 Å². The molecule has 3 rings (SSSR count). The van der Waals surface area contributed by atoms with E-state index in [0.29, 0.717) is 27.5 Å². The average molecular weight is 299 g/mol. The van der Waals surface area contributed by atoms with Crippen LogP contribution in [-0.4, -0.2) is 28.2 Å². The van der Waals surface area contributed by atoms with Crippen molar-refractivity contribution in [3.8, 4) is 11.5 Å². The number of halogens is 2. The van der Waals surface area contributed by atoms with Gasteiger partial charge in [0.05, 0.1) is 16.0 Å². The van der Waals surface area contributed by atoms with Crippen molar-refractivity contribution in [1.29, 1.82) is 0 Å². The van der Waals surface area contributed by atoms with Gasteiger partial charge in [-0.05, 0) is 25.5 Å². The average Bonchev–Trinajstić information content (AvgIpc) is 2.89. The summed E-state index contributed by atoms with van der Waals surface area (Å²) in [6.07, 6.45) is 3.68. The Labute approximate surface area is 120 Å². The van der Waals surface area contributed by atoms with Crippen LogP contribution in [0.3, 0.4) is 0 Å². The second kappa shape index (κ2) is 5.45. The van der Waals surface area contributed by atoms with Gasteiger partial charge < -0.3 is 9.84 Å². The Morgan fingerprint density at radius 3 is 3.00 bits per heavy atom. The van der Waals surface area contributed by atoms with E-state index < -0.39 is 0 Å². The standard InChI is InChI=1S/C12H12Cl2N4O/c13-8-4-9(14)10(16-6-8)11-17-12(19-18-11)7-2-1-3-15-5-7/h4,6-7,15H,1-3,5H2. The van der Waals surface area contributed by atoms with Crippen molar-refractivity contribution in [2.45, 2.75) is 18.8 Å². The number of nitrogens with one attached hydrogen (secondary N) is 1. The minimum absolute atomic E-state index is 0.265. The molecule has 0 aliphatic carbocycles. The molecule has 0 aromatic carbocycles. The molecule has 0 spiro atoms. The fraction of sp³-hybridized carbons (Fsp3) is 0.417. The molecule has 1 aliphatic heterocycles. The molecule has 1 atom stereocenters. The summed E-state index contributed by atoms with van der Waals surface area (Å²) in [4.78, 5) is 8.53. The Kier molecular flexibility index (Phi) is 3.68. The second-order valence-corrected chi connectivity index (χ2v) is 5.33. The van der Waals surface area contributed by atoms with Crippen LogP contribution in [0.1, 0.15) is 24.7 Å². The monoisotopic (exact) mass is 298 g/mol. The summed E-state index contributed by atoms with van der Waals surface area (Å²) in [6, 6.07) is 1.61. The second-order valence-electron chi connectivity index (χ2n) is 4.48. The third-order valence-electron chi connectivity index (χ3n) is 3.11. The predicted octanol–water partition coefficient (Wildman–Crippen LogP) is 2.91. The first-order valence-corrected chi connectivity index (χ1v) is 6.85. The first-order chi connectivity index (χ1) is 9.24. The Bertz CT molecular complexity index is 581. The summed E-state index contributed by atoms with van der Waals surface area (Å²) in [5, 5.41) is 8.16. The molecule has 0 saturated carbocycles. The highest BCUT2D eigenvalue weighted by molar-refractivity contribution is 6.35. The maximum absolute atomic E-state index is 6.08. The van der Waals surface area contributed by atoms with E-state index in [2.05, 4.69) is 20.4 Å². The van der Waals surface area contributed by atoms with Crippen molar-refractivity contribution < 1.29 is 4.52 Å². The molecule has 2 aromatic heterocycles. The zero-order valence-corrected chi connectivity index (χ0v) is 11.6. The molecule has 7 heteroatoms. The molecule has 100 valence electrons. The first kappa shape index (κ1) is 12.8. The Balaban J connectivity index is 1.87. The van der Waals surface area contributed by atoms with Crippen LogP contribution in [0.5, 0.6) is 0 Å². The van der Waals surface area contributed by atoms with E-state index in [-0.39, 0.29) is 5.92 Å². The summed E-state index contributed by atoms with van der Waals surface area (Å²) in [5.74, 6) is 1.30. The third-order valence-corrected chi connectivity index (χ3v) is 3.60. The van der Waals surface area contributed by atoms with Gasteiger partial charge in [0, 0.05) is 12.7 Å². The fourth-order valence-electron chi connectivity index (χ4n) is 2.14. The molecule has 19 heavy (non-hydrogen) atoms. The number of hydrogen-bond donors (Lipinski definition) is 1. The van der Waals surface area contributed by atoms with Gasteiger partial charge in [0.1, 0.15) is 5.69 Å². The Hall–Kier alpha value is -1.17. The molecule has 1 saturated heterocycles.